The predicted octanol–water partition coefficient (Wildman–Crippen LogP) is 3.24. The van der Waals surface area contributed by atoms with E-state index in [-0.39, 0.29) is 28.4 Å². The molecule has 8 nitrogen and oxygen atoms in total. The van der Waals surface area contributed by atoms with Crippen molar-refractivity contribution in [2.24, 2.45) is 0 Å². The van der Waals surface area contributed by atoms with Crippen LogP contribution >= 0.6 is 11.6 Å². The van der Waals surface area contributed by atoms with Gasteiger partial charge in [0.1, 0.15) is 5.75 Å². The van der Waals surface area contributed by atoms with Crippen molar-refractivity contribution in [2.45, 2.75) is 11.1 Å². The molecule has 1 aliphatic rings. The fourth-order valence-electron chi connectivity index (χ4n) is 2.99. The number of nitro groups is 1. The van der Waals surface area contributed by atoms with Crippen LogP contribution in [0.5, 0.6) is 23.0 Å². The number of ether oxygens (including phenoxy) is 4. The molecule has 2 atom stereocenters. The van der Waals surface area contributed by atoms with Crippen LogP contribution in [0.1, 0.15) is 22.0 Å². The maximum Gasteiger partial charge on any atom is 0.397 e. The topological polar surface area (TPSA) is 97.1 Å². The number of para-hydroxylation sites is 1. The molecule has 0 aliphatic carbocycles. The number of carbonyl (C=O) groups excluding carboxylic acids is 1. The summed E-state index contributed by atoms with van der Waals surface area (Å²) in [5.74, 6) is 0.162. The average Bonchev–Trinajstić information content (AvgIpc) is 2.69. The summed E-state index contributed by atoms with van der Waals surface area (Å²) in [6.07, 6.45) is -1.41. The molecule has 3 rings (SSSR count). The molecule has 0 saturated heterocycles. The molecule has 0 fully saturated rings. The number of fused-ring (bicyclic) bond motifs is 1. The maximum absolute atomic E-state index is 12.9. The molecule has 27 heavy (non-hydrogen) atoms. The Kier molecular flexibility index (Phi) is 4.84. The van der Waals surface area contributed by atoms with Gasteiger partial charge in [0.25, 0.3) is 5.78 Å². The van der Waals surface area contributed by atoms with E-state index in [0.717, 1.165) is 0 Å². The summed E-state index contributed by atoms with van der Waals surface area (Å²) in [6.45, 7) is 0. The van der Waals surface area contributed by atoms with E-state index in [4.69, 9.17) is 30.5 Å². The molecule has 2 aromatic carbocycles. The smallest absolute Gasteiger partial charge is 0.397 e. The van der Waals surface area contributed by atoms with E-state index < -0.39 is 21.8 Å². The van der Waals surface area contributed by atoms with Crippen molar-refractivity contribution < 1.29 is 28.7 Å². The zero-order valence-electron chi connectivity index (χ0n) is 14.7. The van der Waals surface area contributed by atoms with Crippen LogP contribution in [0.15, 0.2) is 36.4 Å². The molecule has 1 heterocycles. The summed E-state index contributed by atoms with van der Waals surface area (Å²) in [7, 11) is 4.25. The standard InChI is InChI=1S/C18H16ClNO7/c1-24-13-8-10(9-14(25-2)15(13)26-3)17-18(19,20(22)23)16(21)11-6-4-5-7-12(11)27-17/h4-9,17H,1-3H3/t17-,18+/m1/s1. The summed E-state index contributed by atoms with van der Waals surface area (Å²) >= 11 is 6.27. The third-order valence-corrected chi connectivity index (χ3v) is 4.81. The lowest BCUT2D eigenvalue weighted by atomic mass is 9.90. The van der Waals surface area contributed by atoms with Crippen LogP contribution in [0.3, 0.4) is 0 Å². The molecule has 0 amide bonds. The van der Waals surface area contributed by atoms with Gasteiger partial charge < -0.3 is 18.9 Å². The second kappa shape index (κ2) is 6.96. The van der Waals surface area contributed by atoms with E-state index >= 15 is 0 Å². The Balaban J connectivity index is 2.23. The molecular formula is C18H16ClNO7. The SMILES string of the molecule is COc1cc([C@H]2Oc3ccccc3C(=O)[C@]2(Cl)[N+](=O)[O-])cc(OC)c1OC. The number of halogens is 1. The number of benzene rings is 2. The molecule has 0 radical (unpaired) electrons. The Morgan fingerprint density at radius 3 is 2.22 bits per heavy atom. The Hall–Kier alpha value is -3.00. The van der Waals surface area contributed by atoms with Gasteiger partial charge >= 0.3 is 5.00 Å². The van der Waals surface area contributed by atoms with Crippen LogP contribution in [0.25, 0.3) is 0 Å². The number of hydrogen-bond donors (Lipinski definition) is 0. The molecule has 0 aromatic heterocycles. The minimum atomic E-state index is -2.54. The second-order valence-electron chi connectivity index (χ2n) is 5.71. The summed E-state index contributed by atoms with van der Waals surface area (Å²) in [4.78, 5) is 21.3. The van der Waals surface area contributed by atoms with Crippen LogP contribution in [0, 0.1) is 10.1 Å². The number of Topliss-reactive ketones (excluding diaryl/α,β-unsaturated/α-hetero) is 1. The molecule has 142 valence electrons. The normalized spacial score (nSPS) is 21.0. The van der Waals surface area contributed by atoms with E-state index in [1.54, 1.807) is 18.2 Å². The molecule has 0 unspecified atom stereocenters. The van der Waals surface area contributed by atoms with Crippen molar-refractivity contribution in [1.82, 2.24) is 0 Å². The highest BCUT2D eigenvalue weighted by Crippen LogP contribution is 2.48. The molecule has 2 aromatic rings. The van der Waals surface area contributed by atoms with Gasteiger partial charge in [-0.05, 0) is 35.9 Å². The first-order chi connectivity index (χ1) is 12.9. The highest BCUT2D eigenvalue weighted by atomic mass is 35.5. The van der Waals surface area contributed by atoms with E-state index in [1.807, 2.05) is 0 Å². The first-order valence-corrected chi connectivity index (χ1v) is 8.20. The number of methoxy groups -OCH3 is 3. The largest absolute Gasteiger partial charge is 0.493 e. The number of rotatable bonds is 5. The van der Waals surface area contributed by atoms with Crippen LogP contribution in [0.4, 0.5) is 0 Å². The second-order valence-corrected chi connectivity index (χ2v) is 6.29. The van der Waals surface area contributed by atoms with E-state index in [0.29, 0.717) is 5.75 Å². The van der Waals surface area contributed by atoms with E-state index in [1.165, 1.54) is 39.5 Å². The third kappa shape index (κ3) is 2.82. The van der Waals surface area contributed by atoms with Crippen molar-refractivity contribution in [1.29, 1.82) is 0 Å². The quantitative estimate of drug-likeness (QED) is 0.333. The van der Waals surface area contributed by atoms with Crippen molar-refractivity contribution in [2.75, 3.05) is 21.3 Å². The Morgan fingerprint density at radius 2 is 1.70 bits per heavy atom. The minimum Gasteiger partial charge on any atom is -0.493 e. The lowest BCUT2D eigenvalue weighted by Gasteiger charge is -2.33. The van der Waals surface area contributed by atoms with Crippen molar-refractivity contribution in [3.8, 4) is 23.0 Å². The Morgan fingerprint density at radius 1 is 1.11 bits per heavy atom. The van der Waals surface area contributed by atoms with Crippen LogP contribution in [0.2, 0.25) is 0 Å². The van der Waals surface area contributed by atoms with Gasteiger partial charge in [0.05, 0.1) is 31.8 Å². The first kappa shape index (κ1) is 18.8. The lowest BCUT2D eigenvalue weighted by Crippen LogP contribution is -2.51. The Labute approximate surface area is 159 Å². The number of alkyl halides is 1. The van der Waals surface area contributed by atoms with Crippen molar-refractivity contribution >= 4 is 17.4 Å². The number of carbonyl (C=O) groups is 1. The number of hydrogen-bond acceptors (Lipinski definition) is 7. The number of ketones is 1. The predicted molar refractivity (Wildman–Crippen MR) is 95.8 cm³/mol. The van der Waals surface area contributed by atoms with Gasteiger partial charge in [-0.15, -0.1) is 0 Å². The summed E-state index contributed by atoms with van der Waals surface area (Å²) in [6, 6.07) is 9.16. The van der Waals surface area contributed by atoms with Gasteiger partial charge in [0.15, 0.2) is 11.5 Å². The highest BCUT2D eigenvalue weighted by Gasteiger charge is 2.62. The van der Waals surface area contributed by atoms with Gasteiger partial charge in [0, 0.05) is 5.56 Å². The average molecular weight is 394 g/mol. The molecule has 9 heteroatoms. The molecule has 0 bridgehead atoms. The first-order valence-electron chi connectivity index (χ1n) is 7.82. The van der Waals surface area contributed by atoms with Gasteiger partial charge in [-0.2, -0.15) is 0 Å². The third-order valence-electron chi connectivity index (χ3n) is 4.30. The monoisotopic (exact) mass is 393 g/mol. The summed E-state index contributed by atoms with van der Waals surface area (Å²) in [5.41, 5.74) is 0.284. The summed E-state index contributed by atoms with van der Waals surface area (Å²) < 4.78 is 21.6. The molecule has 1 aliphatic heterocycles. The highest BCUT2D eigenvalue weighted by molar-refractivity contribution is 6.37. The van der Waals surface area contributed by atoms with Crippen LogP contribution in [-0.2, 0) is 0 Å². The zero-order chi connectivity index (χ0) is 19.8. The fraction of sp³-hybridized carbons (Fsp3) is 0.278. The molecular weight excluding hydrogens is 378 g/mol. The van der Waals surface area contributed by atoms with Gasteiger partial charge in [0.2, 0.25) is 11.9 Å². The molecule has 0 saturated carbocycles. The van der Waals surface area contributed by atoms with E-state index in [9.17, 15) is 14.9 Å². The van der Waals surface area contributed by atoms with Crippen LogP contribution in [-0.4, -0.2) is 37.0 Å². The minimum absolute atomic E-state index is 0.0490. The fourth-order valence-corrected chi connectivity index (χ4v) is 3.26. The van der Waals surface area contributed by atoms with Crippen molar-refractivity contribution in [3.63, 3.8) is 0 Å². The van der Waals surface area contributed by atoms with Gasteiger partial charge in [-0.1, -0.05) is 12.1 Å². The van der Waals surface area contributed by atoms with Gasteiger partial charge in [-0.25, -0.2) is 0 Å². The van der Waals surface area contributed by atoms with E-state index in [2.05, 4.69) is 0 Å². The Bertz CT molecular complexity index is 891. The van der Waals surface area contributed by atoms with Crippen LogP contribution < -0.4 is 18.9 Å². The van der Waals surface area contributed by atoms with Crippen molar-refractivity contribution in [3.05, 3.63) is 57.6 Å². The zero-order valence-corrected chi connectivity index (χ0v) is 15.5. The van der Waals surface area contributed by atoms with Gasteiger partial charge in [-0.3, -0.25) is 14.9 Å². The molecule has 0 N–H and O–H groups in total. The summed E-state index contributed by atoms with van der Waals surface area (Å²) in [5, 5.41) is 11.8. The lowest BCUT2D eigenvalue weighted by molar-refractivity contribution is -0.536. The number of nitrogens with zero attached hydrogens (tertiary/aromatic N) is 1. The maximum atomic E-state index is 12.9. The molecule has 0 spiro atoms.